The molecular formula is C23H27N3O10. The summed E-state index contributed by atoms with van der Waals surface area (Å²) in [6, 6.07) is 7.68. The first-order valence-electron chi connectivity index (χ1n) is 11.0. The molecule has 1 saturated heterocycles. The van der Waals surface area contributed by atoms with E-state index in [9.17, 15) is 29.1 Å². The van der Waals surface area contributed by atoms with Gasteiger partial charge in [-0.05, 0) is 12.5 Å². The van der Waals surface area contributed by atoms with Crippen LogP contribution in [0.4, 0.5) is 4.79 Å². The van der Waals surface area contributed by atoms with Crippen molar-refractivity contribution in [3.05, 3.63) is 68.5 Å². The van der Waals surface area contributed by atoms with E-state index in [1.807, 2.05) is 6.07 Å². The highest BCUT2D eigenvalue weighted by molar-refractivity contribution is 5.68. The highest BCUT2D eigenvalue weighted by atomic mass is 16.6. The summed E-state index contributed by atoms with van der Waals surface area (Å²) in [6.07, 6.45) is -5.00. The molecule has 194 valence electrons. The average molecular weight is 505 g/mol. The lowest BCUT2D eigenvalue weighted by Gasteiger charge is -2.27. The molecule has 0 bridgehead atoms. The van der Waals surface area contributed by atoms with Gasteiger partial charge in [-0.25, -0.2) is 9.59 Å². The van der Waals surface area contributed by atoms with Crippen LogP contribution in [-0.4, -0.2) is 63.7 Å². The third-order valence-electron chi connectivity index (χ3n) is 5.36. The standard InChI is InChI=1S/C23H27N3O10/c1-12-9-26(22(31)25-20(12)30)21-19(35-14(3)29)18(34-13(2)28)17(36-21)16(10-27)24-23(32)33-11-15-7-5-4-6-8-15/h4-9,16-19,21,27H,10-11H2,1-3H3,(H,24,32)(H,25,30,31)/t16-,17-,18-,19-,21-/m1/s1. The topological polar surface area (TPSA) is 175 Å². The average Bonchev–Trinajstić information content (AvgIpc) is 3.15. The van der Waals surface area contributed by atoms with Crippen molar-refractivity contribution < 1.29 is 38.4 Å². The summed E-state index contributed by atoms with van der Waals surface area (Å²) in [7, 11) is 0. The molecule has 5 atom stereocenters. The van der Waals surface area contributed by atoms with E-state index in [2.05, 4.69) is 10.3 Å². The zero-order valence-corrected chi connectivity index (χ0v) is 19.8. The lowest BCUT2D eigenvalue weighted by Crippen LogP contribution is -2.52. The molecule has 0 unspecified atom stereocenters. The number of carbonyl (C=O) groups is 3. The van der Waals surface area contributed by atoms with Crippen molar-refractivity contribution in [3.8, 4) is 0 Å². The summed E-state index contributed by atoms with van der Waals surface area (Å²) in [5.74, 6) is -1.53. The predicted molar refractivity (Wildman–Crippen MR) is 122 cm³/mol. The molecule has 1 amide bonds. The van der Waals surface area contributed by atoms with Gasteiger partial charge in [0.05, 0.1) is 12.6 Å². The van der Waals surface area contributed by atoms with Gasteiger partial charge in [0, 0.05) is 25.6 Å². The van der Waals surface area contributed by atoms with Crippen LogP contribution in [-0.2, 0) is 35.1 Å². The van der Waals surface area contributed by atoms with E-state index in [1.165, 1.54) is 13.1 Å². The number of aliphatic hydroxyl groups excluding tert-OH is 1. The largest absolute Gasteiger partial charge is 0.456 e. The minimum Gasteiger partial charge on any atom is -0.456 e. The number of amides is 1. The van der Waals surface area contributed by atoms with Crippen LogP contribution >= 0.6 is 0 Å². The Morgan fingerprint density at radius 3 is 2.36 bits per heavy atom. The summed E-state index contributed by atoms with van der Waals surface area (Å²) >= 11 is 0. The van der Waals surface area contributed by atoms with E-state index in [0.29, 0.717) is 0 Å². The summed E-state index contributed by atoms with van der Waals surface area (Å²) in [6.45, 7) is 2.95. The fraction of sp³-hybridized carbons (Fsp3) is 0.435. The number of H-pyrrole nitrogens is 1. The van der Waals surface area contributed by atoms with Gasteiger partial charge >= 0.3 is 23.7 Å². The third kappa shape index (κ3) is 6.37. The Kier molecular flexibility index (Phi) is 8.61. The third-order valence-corrected chi connectivity index (χ3v) is 5.36. The predicted octanol–water partition coefficient (Wildman–Crippen LogP) is -0.107. The lowest BCUT2D eigenvalue weighted by atomic mass is 10.0. The number of aryl methyl sites for hydroxylation is 1. The molecule has 1 aliphatic rings. The zero-order chi connectivity index (χ0) is 26.4. The van der Waals surface area contributed by atoms with Crippen molar-refractivity contribution in [2.45, 2.75) is 58.0 Å². The Balaban J connectivity index is 1.90. The SMILES string of the molecule is CC(=O)O[C@H]1[C@@H](OC(C)=O)[C@H](n2cc(C)c(=O)[nH]c2=O)O[C@@H]1[C@@H](CO)NC(=O)OCc1ccccc1. The van der Waals surface area contributed by atoms with Crippen molar-refractivity contribution in [3.63, 3.8) is 0 Å². The Morgan fingerprint density at radius 1 is 1.11 bits per heavy atom. The molecule has 0 radical (unpaired) electrons. The number of nitrogens with one attached hydrogen (secondary N) is 2. The molecule has 0 spiro atoms. The lowest BCUT2D eigenvalue weighted by molar-refractivity contribution is -0.165. The summed E-state index contributed by atoms with van der Waals surface area (Å²) < 4.78 is 22.8. The number of aromatic nitrogens is 2. The number of hydrogen-bond acceptors (Lipinski definition) is 10. The van der Waals surface area contributed by atoms with Crippen LogP contribution in [0.5, 0.6) is 0 Å². The summed E-state index contributed by atoms with van der Waals surface area (Å²) in [5.41, 5.74) is -0.604. The van der Waals surface area contributed by atoms with Crippen LogP contribution in [0.25, 0.3) is 0 Å². The van der Waals surface area contributed by atoms with E-state index in [1.54, 1.807) is 24.3 Å². The van der Waals surface area contributed by atoms with Gasteiger partial charge in [-0.15, -0.1) is 0 Å². The molecule has 2 aromatic rings. The number of ether oxygens (including phenoxy) is 4. The molecular weight excluding hydrogens is 478 g/mol. The Bertz CT molecular complexity index is 1210. The van der Waals surface area contributed by atoms with Crippen molar-refractivity contribution in [1.29, 1.82) is 0 Å². The van der Waals surface area contributed by atoms with Crippen LogP contribution in [0.2, 0.25) is 0 Å². The number of nitrogens with zero attached hydrogens (tertiary/aromatic N) is 1. The van der Waals surface area contributed by atoms with Crippen molar-refractivity contribution >= 4 is 18.0 Å². The first kappa shape index (κ1) is 26.6. The molecule has 1 aromatic carbocycles. The number of benzene rings is 1. The summed E-state index contributed by atoms with van der Waals surface area (Å²) in [5, 5.41) is 12.5. The molecule has 0 aliphatic carbocycles. The molecule has 13 nitrogen and oxygen atoms in total. The number of alkyl carbamates (subject to hydrolysis) is 1. The highest BCUT2D eigenvalue weighted by Gasteiger charge is 2.53. The van der Waals surface area contributed by atoms with Crippen molar-refractivity contribution in [2.24, 2.45) is 0 Å². The second-order valence-corrected chi connectivity index (χ2v) is 8.11. The number of aromatic amines is 1. The van der Waals surface area contributed by atoms with Gasteiger partial charge in [0.25, 0.3) is 5.56 Å². The molecule has 13 heteroatoms. The Morgan fingerprint density at radius 2 is 1.75 bits per heavy atom. The number of esters is 2. The van der Waals surface area contributed by atoms with Gasteiger partial charge in [0.2, 0.25) is 0 Å². The molecule has 1 fully saturated rings. The Hall–Kier alpha value is -3.97. The summed E-state index contributed by atoms with van der Waals surface area (Å²) in [4.78, 5) is 62.6. The maximum atomic E-state index is 12.5. The minimum absolute atomic E-state index is 0.0472. The van der Waals surface area contributed by atoms with E-state index >= 15 is 0 Å². The second-order valence-electron chi connectivity index (χ2n) is 8.11. The van der Waals surface area contributed by atoms with Crippen LogP contribution in [0.3, 0.4) is 0 Å². The second kappa shape index (κ2) is 11.6. The number of hydrogen-bond donors (Lipinski definition) is 3. The molecule has 1 aromatic heterocycles. The van der Waals surface area contributed by atoms with Crippen LogP contribution in [0.15, 0.2) is 46.1 Å². The monoisotopic (exact) mass is 505 g/mol. The molecule has 3 rings (SSSR count). The number of rotatable bonds is 8. The van der Waals surface area contributed by atoms with E-state index in [0.717, 1.165) is 24.0 Å². The molecule has 2 heterocycles. The van der Waals surface area contributed by atoms with Crippen molar-refractivity contribution in [2.75, 3.05) is 6.61 Å². The smallest absolute Gasteiger partial charge is 0.407 e. The van der Waals surface area contributed by atoms with Crippen LogP contribution in [0, 0.1) is 6.92 Å². The van der Waals surface area contributed by atoms with Crippen LogP contribution in [0.1, 0.15) is 31.2 Å². The first-order valence-corrected chi connectivity index (χ1v) is 11.0. The quantitative estimate of drug-likeness (QED) is 0.324. The zero-order valence-electron chi connectivity index (χ0n) is 19.8. The molecule has 0 saturated carbocycles. The molecule has 36 heavy (non-hydrogen) atoms. The molecule has 1 aliphatic heterocycles. The van der Waals surface area contributed by atoms with Gasteiger partial charge in [-0.1, -0.05) is 30.3 Å². The van der Waals surface area contributed by atoms with E-state index in [-0.39, 0.29) is 12.2 Å². The maximum Gasteiger partial charge on any atom is 0.407 e. The van der Waals surface area contributed by atoms with Gasteiger partial charge in [0.15, 0.2) is 18.4 Å². The highest BCUT2D eigenvalue weighted by Crippen LogP contribution is 2.35. The van der Waals surface area contributed by atoms with Gasteiger partial charge in [-0.3, -0.25) is 23.9 Å². The minimum atomic E-state index is -1.36. The first-order chi connectivity index (χ1) is 17.1. The van der Waals surface area contributed by atoms with E-state index in [4.69, 9.17) is 18.9 Å². The molecule has 3 N–H and O–H groups in total. The van der Waals surface area contributed by atoms with Crippen LogP contribution < -0.4 is 16.6 Å². The fourth-order valence-corrected chi connectivity index (χ4v) is 3.78. The van der Waals surface area contributed by atoms with Gasteiger partial charge in [0.1, 0.15) is 12.7 Å². The fourth-order valence-electron chi connectivity index (χ4n) is 3.78. The van der Waals surface area contributed by atoms with Crippen molar-refractivity contribution in [1.82, 2.24) is 14.9 Å². The maximum absolute atomic E-state index is 12.5. The van der Waals surface area contributed by atoms with E-state index < -0.39 is 66.5 Å². The Labute approximate surface area is 204 Å². The van der Waals surface area contributed by atoms with Gasteiger partial charge < -0.3 is 29.4 Å². The number of aliphatic hydroxyl groups is 1. The normalized spacial score (nSPS) is 21.9. The van der Waals surface area contributed by atoms with Gasteiger partial charge in [-0.2, -0.15) is 0 Å². The number of carbonyl (C=O) groups excluding carboxylic acids is 3.